The second kappa shape index (κ2) is 6.88. The largest absolute Gasteiger partial charge is 0.459 e. The first-order chi connectivity index (χ1) is 11.2. The van der Waals surface area contributed by atoms with Gasteiger partial charge in [0.1, 0.15) is 12.4 Å². The van der Waals surface area contributed by atoms with Crippen LogP contribution in [0.4, 0.5) is 0 Å². The molecule has 0 bridgehead atoms. The van der Waals surface area contributed by atoms with Crippen molar-refractivity contribution in [2.75, 3.05) is 0 Å². The number of aldehydes is 1. The van der Waals surface area contributed by atoms with Gasteiger partial charge in [-0.05, 0) is 50.2 Å². The molecule has 2 aliphatic rings. The number of allylic oxidation sites excluding steroid dienone is 4. The van der Waals surface area contributed by atoms with Gasteiger partial charge in [0.25, 0.3) is 0 Å². The summed E-state index contributed by atoms with van der Waals surface area (Å²) < 4.78 is 5.71. The minimum absolute atomic E-state index is 0.0352. The number of ether oxygens (including phenoxy) is 1. The van der Waals surface area contributed by atoms with Gasteiger partial charge in [-0.25, -0.2) is 4.79 Å². The number of hydrogen-bond acceptors (Lipinski definition) is 4. The molecule has 1 fully saturated rings. The molecule has 0 aromatic heterocycles. The Balaban J connectivity index is 2.26. The summed E-state index contributed by atoms with van der Waals surface area (Å²) in [7, 11) is 0. The van der Waals surface area contributed by atoms with E-state index in [1.54, 1.807) is 19.1 Å². The molecule has 0 radical (unpaired) electrons. The molecule has 0 saturated heterocycles. The maximum atomic E-state index is 12.3. The number of fused-ring (bicyclic) bond motifs is 1. The summed E-state index contributed by atoms with van der Waals surface area (Å²) in [5, 5.41) is 0. The van der Waals surface area contributed by atoms with Gasteiger partial charge in [-0.2, -0.15) is 0 Å². The first-order valence-corrected chi connectivity index (χ1v) is 8.47. The fourth-order valence-electron chi connectivity index (χ4n) is 3.79. The molecule has 0 aliphatic heterocycles. The maximum absolute atomic E-state index is 12.3. The molecule has 24 heavy (non-hydrogen) atoms. The minimum atomic E-state index is -0.467. The van der Waals surface area contributed by atoms with E-state index in [-0.39, 0.29) is 29.2 Å². The second-order valence-electron chi connectivity index (χ2n) is 7.18. The van der Waals surface area contributed by atoms with E-state index in [0.717, 1.165) is 18.4 Å². The number of esters is 1. The number of hydrogen-bond donors (Lipinski definition) is 0. The minimum Gasteiger partial charge on any atom is -0.459 e. The molecule has 4 nitrogen and oxygen atoms in total. The van der Waals surface area contributed by atoms with Crippen LogP contribution < -0.4 is 0 Å². The van der Waals surface area contributed by atoms with E-state index in [9.17, 15) is 14.4 Å². The molecular weight excluding hydrogens is 304 g/mol. The molecule has 130 valence electrons. The van der Waals surface area contributed by atoms with Crippen molar-refractivity contribution >= 4 is 18.0 Å². The third kappa shape index (κ3) is 3.14. The zero-order valence-electron chi connectivity index (χ0n) is 14.9. The van der Waals surface area contributed by atoms with Crippen LogP contribution in [-0.4, -0.2) is 24.1 Å². The van der Waals surface area contributed by atoms with Gasteiger partial charge >= 0.3 is 5.97 Å². The highest BCUT2D eigenvalue weighted by Gasteiger charge is 2.49. The lowest BCUT2D eigenvalue weighted by Gasteiger charge is -2.49. The molecule has 0 spiro atoms. The lowest BCUT2D eigenvalue weighted by Crippen LogP contribution is -2.46. The van der Waals surface area contributed by atoms with Gasteiger partial charge in [0.15, 0.2) is 5.78 Å². The molecule has 0 aromatic carbocycles. The van der Waals surface area contributed by atoms with Crippen molar-refractivity contribution in [1.82, 2.24) is 0 Å². The normalized spacial score (nSPS) is 33.3. The zero-order valence-corrected chi connectivity index (χ0v) is 14.9. The molecule has 1 saturated carbocycles. The van der Waals surface area contributed by atoms with E-state index in [1.165, 1.54) is 0 Å². The summed E-state index contributed by atoms with van der Waals surface area (Å²) in [5.74, 6) is -0.718. The Morgan fingerprint density at radius 1 is 1.46 bits per heavy atom. The predicted octanol–water partition coefficient (Wildman–Crippen LogP) is 3.57. The summed E-state index contributed by atoms with van der Waals surface area (Å²) in [6.07, 6.45) is 5.92. The summed E-state index contributed by atoms with van der Waals surface area (Å²) in [6.45, 7) is 11.4. The van der Waals surface area contributed by atoms with E-state index in [1.807, 2.05) is 6.92 Å². The van der Waals surface area contributed by atoms with Crippen LogP contribution in [0.15, 0.2) is 35.5 Å². The summed E-state index contributed by atoms with van der Waals surface area (Å²) in [5.41, 5.74) is 1.76. The quantitative estimate of drug-likeness (QED) is 0.449. The van der Waals surface area contributed by atoms with Crippen LogP contribution in [0.1, 0.15) is 47.0 Å². The van der Waals surface area contributed by atoms with Crippen LogP contribution in [0.25, 0.3) is 0 Å². The lowest BCUT2D eigenvalue weighted by molar-refractivity contribution is -0.151. The summed E-state index contributed by atoms with van der Waals surface area (Å²) in [6, 6.07) is 0. The Morgan fingerprint density at radius 3 is 2.71 bits per heavy atom. The van der Waals surface area contributed by atoms with Crippen LogP contribution in [0, 0.1) is 17.3 Å². The first kappa shape index (κ1) is 18.4. The van der Waals surface area contributed by atoms with E-state index in [2.05, 4.69) is 20.4 Å². The molecule has 2 rings (SSSR count). The maximum Gasteiger partial charge on any atom is 0.333 e. The van der Waals surface area contributed by atoms with Gasteiger partial charge in [0.2, 0.25) is 0 Å². The fraction of sp³-hybridized carbons (Fsp3) is 0.550. The van der Waals surface area contributed by atoms with E-state index in [0.29, 0.717) is 23.9 Å². The van der Waals surface area contributed by atoms with Crippen LogP contribution >= 0.6 is 0 Å². The monoisotopic (exact) mass is 330 g/mol. The predicted molar refractivity (Wildman–Crippen MR) is 92.2 cm³/mol. The van der Waals surface area contributed by atoms with Gasteiger partial charge in [-0.15, -0.1) is 0 Å². The van der Waals surface area contributed by atoms with Crippen molar-refractivity contribution < 1.29 is 19.1 Å². The molecule has 2 aliphatic carbocycles. The SMILES string of the molecule is C=C(C=O)[C@@H]1C[C@@]2(C)C(=CC1=O)CC[C@@H](OC(=O)/C(C)=C\C)[C@@H]2C. The number of ketones is 1. The molecule has 0 amide bonds. The smallest absolute Gasteiger partial charge is 0.333 e. The van der Waals surface area contributed by atoms with E-state index >= 15 is 0 Å². The standard InChI is InChI=1S/C20H26O4/c1-6-12(2)19(23)24-18-8-7-15-9-17(22)16(13(3)11-21)10-20(15,5)14(18)4/h6,9,11,14,16,18H,3,7-8,10H2,1-2,4-5H3/b12-6-/t14-,16-,18+,20+/m0/s1. The Morgan fingerprint density at radius 2 is 2.12 bits per heavy atom. The Labute approximate surface area is 143 Å². The van der Waals surface area contributed by atoms with Crippen molar-refractivity contribution in [2.24, 2.45) is 17.3 Å². The second-order valence-corrected chi connectivity index (χ2v) is 7.18. The highest BCUT2D eigenvalue weighted by Crippen LogP contribution is 2.52. The first-order valence-electron chi connectivity index (χ1n) is 8.47. The fourth-order valence-corrected chi connectivity index (χ4v) is 3.79. The molecule has 0 heterocycles. The van der Waals surface area contributed by atoms with E-state index < -0.39 is 5.92 Å². The molecular formula is C20H26O4. The molecule has 4 heteroatoms. The number of carbonyl (C=O) groups excluding carboxylic acids is 3. The van der Waals surface area contributed by atoms with Crippen molar-refractivity contribution in [3.05, 3.63) is 35.5 Å². The van der Waals surface area contributed by atoms with Gasteiger partial charge < -0.3 is 4.74 Å². The third-order valence-corrected chi connectivity index (χ3v) is 5.89. The van der Waals surface area contributed by atoms with Crippen molar-refractivity contribution in [3.63, 3.8) is 0 Å². The molecule has 0 N–H and O–H groups in total. The third-order valence-electron chi connectivity index (χ3n) is 5.89. The molecule has 0 aromatic rings. The van der Waals surface area contributed by atoms with Crippen molar-refractivity contribution in [2.45, 2.75) is 53.1 Å². The summed E-state index contributed by atoms with van der Waals surface area (Å²) >= 11 is 0. The van der Waals surface area contributed by atoms with Gasteiger partial charge in [0.05, 0.1) is 5.92 Å². The van der Waals surface area contributed by atoms with Crippen molar-refractivity contribution in [1.29, 1.82) is 0 Å². The Hall–Kier alpha value is -1.97. The van der Waals surface area contributed by atoms with Crippen LogP contribution in [0.2, 0.25) is 0 Å². The average molecular weight is 330 g/mol. The van der Waals surface area contributed by atoms with E-state index in [4.69, 9.17) is 4.74 Å². The van der Waals surface area contributed by atoms with Crippen LogP contribution in [-0.2, 0) is 19.1 Å². The van der Waals surface area contributed by atoms with Crippen molar-refractivity contribution in [3.8, 4) is 0 Å². The highest BCUT2D eigenvalue weighted by molar-refractivity contribution is 5.99. The number of rotatable bonds is 4. The summed E-state index contributed by atoms with van der Waals surface area (Å²) in [4.78, 5) is 35.5. The van der Waals surface area contributed by atoms with Gasteiger partial charge in [-0.3, -0.25) is 9.59 Å². The average Bonchev–Trinajstić information content (AvgIpc) is 2.57. The lowest BCUT2D eigenvalue weighted by atomic mass is 9.57. The van der Waals surface area contributed by atoms with Gasteiger partial charge in [-0.1, -0.05) is 32.1 Å². The molecule has 4 atom stereocenters. The zero-order chi connectivity index (χ0) is 18.1. The highest BCUT2D eigenvalue weighted by atomic mass is 16.5. The molecule has 0 unspecified atom stereocenters. The van der Waals surface area contributed by atoms with Crippen LogP contribution in [0.5, 0.6) is 0 Å². The van der Waals surface area contributed by atoms with Gasteiger partial charge in [0, 0.05) is 11.5 Å². The Bertz CT molecular complexity index is 640. The Kier molecular flexibility index (Phi) is 5.26. The van der Waals surface area contributed by atoms with Crippen LogP contribution in [0.3, 0.4) is 0 Å². The number of carbonyl (C=O) groups is 3. The topological polar surface area (TPSA) is 60.4 Å².